The van der Waals surface area contributed by atoms with Crippen molar-refractivity contribution in [3.05, 3.63) is 82.6 Å². The lowest BCUT2D eigenvalue weighted by Gasteiger charge is -2.38. The molecule has 1 atom stereocenters. The van der Waals surface area contributed by atoms with Crippen LogP contribution in [0.25, 0.3) is 5.69 Å². The van der Waals surface area contributed by atoms with Crippen LogP contribution >= 0.6 is 11.6 Å². The number of benzene rings is 2. The molecule has 1 aromatic heterocycles. The van der Waals surface area contributed by atoms with Gasteiger partial charge in [0.25, 0.3) is 0 Å². The van der Waals surface area contributed by atoms with E-state index >= 15 is 0 Å². The number of urea groups is 1. The first kappa shape index (κ1) is 24.3. The summed E-state index contributed by atoms with van der Waals surface area (Å²) in [4.78, 5) is 17.3. The Morgan fingerprint density at radius 3 is 2.38 bits per heavy atom. The first-order valence-corrected chi connectivity index (χ1v) is 12.3. The van der Waals surface area contributed by atoms with Crippen molar-refractivity contribution >= 4 is 17.6 Å². The molecule has 0 aliphatic carbocycles. The third-order valence-electron chi connectivity index (χ3n) is 6.46. The minimum Gasteiger partial charge on any atom is -0.332 e. The molecule has 7 heteroatoms. The minimum atomic E-state index is -0.103. The fourth-order valence-electron chi connectivity index (χ4n) is 4.28. The first-order chi connectivity index (χ1) is 16.2. The van der Waals surface area contributed by atoms with Crippen LogP contribution in [0, 0.1) is 0 Å². The van der Waals surface area contributed by atoms with E-state index in [-0.39, 0.29) is 11.4 Å². The quantitative estimate of drug-likeness (QED) is 0.532. The Bertz CT molecular complexity index is 1110. The van der Waals surface area contributed by atoms with E-state index < -0.39 is 0 Å². The second-order valence-electron chi connectivity index (χ2n) is 9.93. The number of hydrogen-bond acceptors (Lipinski definition) is 3. The monoisotopic (exact) mass is 479 g/mol. The van der Waals surface area contributed by atoms with Gasteiger partial charge in [0.05, 0.1) is 23.6 Å². The van der Waals surface area contributed by atoms with E-state index in [9.17, 15) is 4.79 Å². The number of aromatic nitrogens is 2. The molecule has 1 fully saturated rings. The van der Waals surface area contributed by atoms with E-state index in [4.69, 9.17) is 16.7 Å². The van der Waals surface area contributed by atoms with E-state index in [1.807, 2.05) is 39.9 Å². The smallest absolute Gasteiger partial charge is 0.317 e. The Hall–Kier alpha value is -2.83. The Balaban J connectivity index is 1.40. The van der Waals surface area contributed by atoms with Crippen LogP contribution in [0.2, 0.25) is 5.02 Å². The number of rotatable bonds is 5. The zero-order chi connectivity index (χ0) is 24.3. The third kappa shape index (κ3) is 5.62. The average Bonchev–Trinajstić information content (AvgIpc) is 3.28. The molecule has 3 aromatic rings. The maximum absolute atomic E-state index is 13.0. The van der Waals surface area contributed by atoms with Crippen LogP contribution in [0.3, 0.4) is 0 Å². The summed E-state index contributed by atoms with van der Waals surface area (Å²) >= 11 is 6.22. The zero-order valence-electron chi connectivity index (χ0n) is 20.5. The number of hydrogen-bond donors (Lipinski definition) is 1. The van der Waals surface area contributed by atoms with Gasteiger partial charge in [-0.05, 0) is 36.8 Å². The van der Waals surface area contributed by atoms with E-state index in [0.717, 1.165) is 30.2 Å². The molecular formula is C27H34ClN5O. The number of nitrogens with zero attached hydrogens (tertiary/aromatic N) is 4. The highest BCUT2D eigenvalue weighted by atomic mass is 35.5. The van der Waals surface area contributed by atoms with Crippen molar-refractivity contribution in [2.45, 2.75) is 45.7 Å². The molecule has 1 aliphatic heterocycles. The van der Waals surface area contributed by atoms with Crippen LogP contribution in [0.4, 0.5) is 4.79 Å². The summed E-state index contributed by atoms with van der Waals surface area (Å²) in [7, 11) is 0. The maximum Gasteiger partial charge on any atom is 0.317 e. The molecule has 4 rings (SSSR count). The largest absolute Gasteiger partial charge is 0.332 e. The second kappa shape index (κ2) is 10.2. The van der Waals surface area contributed by atoms with Crippen LogP contribution in [-0.2, 0) is 12.0 Å². The summed E-state index contributed by atoms with van der Waals surface area (Å²) in [5.74, 6) is 0. The van der Waals surface area contributed by atoms with Crippen LogP contribution in [0.15, 0.2) is 60.7 Å². The number of piperazine rings is 1. The summed E-state index contributed by atoms with van der Waals surface area (Å²) < 4.78 is 1.88. The van der Waals surface area contributed by atoms with E-state index in [1.165, 1.54) is 5.56 Å². The van der Waals surface area contributed by atoms with Crippen molar-refractivity contribution in [1.29, 1.82) is 0 Å². The second-order valence-corrected chi connectivity index (χ2v) is 10.4. The van der Waals surface area contributed by atoms with Gasteiger partial charge in [0.1, 0.15) is 0 Å². The van der Waals surface area contributed by atoms with Crippen LogP contribution in [-0.4, -0.2) is 51.8 Å². The molecule has 34 heavy (non-hydrogen) atoms. The predicted molar refractivity (Wildman–Crippen MR) is 138 cm³/mol. The minimum absolute atomic E-state index is 0.0387. The Labute approximate surface area is 207 Å². The number of amides is 2. The highest BCUT2D eigenvalue weighted by Crippen LogP contribution is 2.25. The third-order valence-corrected chi connectivity index (χ3v) is 6.69. The molecular weight excluding hydrogens is 446 g/mol. The Morgan fingerprint density at radius 2 is 1.74 bits per heavy atom. The van der Waals surface area contributed by atoms with E-state index in [1.54, 1.807) is 0 Å². The molecule has 2 amide bonds. The van der Waals surface area contributed by atoms with E-state index in [2.05, 4.69) is 68.2 Å². The molecule has 180 valence electrons. The van der Waals surface area contributed by atoms with Gasteiger partial charge in [-0.2, -0.15) is 5.10 Å². The van der Waals surface area contributed by atoms with Crippen molar-refractivity contribution in [2.24, 2.45) is 0 Å². The molecule has 0 saturated carbocycles. The molecule has 0 bridgehead atoms. The fraction of sp³-hybridized carbons (Fsp3) is 0.407. The summed E-state index contributed by atoms with van der Waals surface area (Å²) in [6.45, 7) is 12.2. The molecule has 2 aromatic carbocycles. The van der Waals surface area contributed by atoms with Gasteiger partial charge in [-0.25, -0.2) is 9.48 Å². The topological polar surface area (TPSA) is 53.4 Å². The molecule has 0 spiro atoms. The standard InChI is InChI=1S/C27H34ClN5O/c1-20(21-9-6-5-7-10-21)31-13-15-32(16-14-31)26(34)29-19-24-18-25(27(2,3)4)30-33(24)23-12-8-11-22(28)17-23/h5-12,17-18,20H,13-16,19H2,1-4H3,(H,29,34). The highest BCUT2D eigenvalue weighted by molar-refractivity contribution is 6.30. The highest BCUT2D eigenvalue weighted by Gasteiger charge is 2.25. The molecule has 1 N–H and O–H groups in total. The molecule has 0 radical (unpaired) electrons. The fourth-order valence-corrected chi connectivity index (χ4v) is 4.46. The van der Waals surface area contributed by atoms with Gasteiger partial charge in [-0.1, -0.05) is 68.8 Å². The zero-order valence-corrected chi connectivity index (χ0v) is 21.2. The average molecular weight is 480 g/mol. The predicted octanol–water partition coefficient (Wildman–Crippen LogP) is 5.41. The van der Waals surface area contributed by atoms with Gasteiger partial charge in [0, 0.05) is 42.7 Å². The SMILES string of the molecule is CC(c1ccccc1)N1CCN(C(=O)NCc2cc(C(C)(C)C)nn2-c2cccc(Cl)c2)CC1. The van der Waals surface area contributed by atoms with E-state index in [0.29, 0.717) is 30.7 Å². The van der Waals surface area contributed by atoms with Crippen LogP contribution in [0.1, 0.15) is 50.7 Å². The Morgan fingerprint density at radius 1 is 1.03 bits per heavy atom. The van der Waals surface area contributed by atoms with Gasteiger partial charge in [0.2, 0.25) is 0 Å². The lowest BCUT2D eigenvalue weighted by atomic mass is 9.92. The van der Waals surface area contributed by atoms with Gasteiger partial charge in [-0.15, -0.1) is 0 Å². The lowest BCUT2D eigenvalue weighted by molar-refractivity contribution is 0.113. The number of carbonyl (C=O) groups is 1. The molecule has 6 nitrogen and oxygen atoms in total. The molecule has 1 unspecified atom stereocenters. The van der Waals surface area contributed by atoms with Crippen molar-refractivity contribution in [3.8, 4) is 5.69 Å². The normalized spacial score (nSPS) is 15.9. The van der Waals surface area contributed by atoms with Crippen molar-refractivity contribution in [2.75, 3.05) is 26.2 Å². The first-order valence-electron chi connectivity index (χ1n) is 11.9. The number of carbonyl (C=O) groups excluding carboxylic acids is 1. The van der Waals surface area contributed by atoms with Crippen molar-refractivity contribution in [3.63, 3.8) is 0 Å². The summed E-state index contributed by atoms with van der Waals surface area (Å²) in [6.07, 6.45) is 0. The van der Waals surface area contributed by atoms with Crippen LogP contribution in [0.5, 0.6) is 0 Å². The van der Waals surface area contributed by atoms with Crippen LogP contribution < -0.4 is 5.32 Å². The Kier molecular flexibility index (Phi) is 7.29. The maximum atomic E-state index is 13.0. The molecule has 1 saturated heterocycles. The van der Waals surface area contributed by atoms with Crippen molar-refractivity contribution in [1.82, 2.24) is 24.9 Å². The number of nitrogens with one attached hydrogen (secondary N) is 1. The molecule has 2 heterocycles. The summed E-state index contributed by atoms with van der Waals surface area (Å²) in [5, 5.41) is 8.59. The van der Waals surface area contributed by atoms with Gasteiger partial charge in [0.15, 0.2) is 0 Å². The van der Waals surface area contributed by atoms with Gasteiger partial charge < -0.3 is 10.2 Å². The summed E-state index contributed by atoms with van der Waals surface area (Å²) in [6, 6.07) is 20.5. The van der Waals surface area contributed by atoms with Gasteiger partial charge >= 0.3 is 6.03 Å². The van der Waals surface area contributed by atoms with Gasteiger partial charge in [-0.3, -0.25) is 4.90 Å². The molecule has 1 aliphatic rings. The summed E-state index contributed by atoms with van der Waals surface area (Å²) in [5.41, 5.74) is 3.99. The van der Waals surface area contributed by atoms with Crippen molar-refractivity contribution < 1.29 is 4.79 Å². The number of halogens is 1. The lowest BCUT2D eigenvalue weighted by Crippen LogP contribution is -2.52.